The van der Waals surface area contributed by atoms with Gasteiger partial charge in [-0.2, -0.15) is 0 Å². The second kappa shape index (κ2) is 12.2. The number of hydrogen-bond donors (Lipinski definition) is 2. The topological polar surface area (TPSA) is 65.7 Å². The molecule has 6 nitrogen and oxygen atoms in total. The van der Waals surface area contributed by atoms with Gasteiger partial charge in [0.15, 0.2) is 5.96 Å². The second-order valence-electron chi connectivity index (χ2n) is 7.46. The van der Waals surface area contributed by atoms with Crippen molar-refractivity contribution in [2.45, 2.75) is 52.1 Å². The van der Waals surface area contributed by atoms with Crippen molar-refractivity contribution in [3.63, 3.8) is 0 Å². The number of hydrogen-bond acceptors (Lipinski definition) is 4. The number of aromatic nitrogens is 1. The molecule has 1 aromatic carbocycles. The lowest BCUT2D eigenvalue weighted by Crippen LogP contribution is -2.45. The van der Waals surface area contributed by atoms with Gasteiger partial charge in [0.25, 0.3) is 0 Å². The minimum atomic E-state index is 0. The van der Waals surface area contributed by atoms with Crippen molar-refractivity contribution in [2.24, 2.45) is 4.99 Å². The Morgan fingerprint density at radius 3 is 2.76 bits per heavy atom. The fraction of sp³-hybridized carbons (Fsp3) is 0.545. The Kier molecular flexibility index (Phi) is 9.93. The molecule has 0 spiro atoms. The zero-order chi connectivity index (χ0) is 19.8. The van der Waals surface area contributed by atoms with Crippen LogP contribution in [0.2, 0.25) is 0 Å². The molecule has 29 heavy (non-hydrogen) atoms. The molecular weight excluding hydrogens is 477 g/mol. The van der Waals surface area contributed by atoms with Crippen molar-refractivity contribution in [1.82, 2.24) is 20.5 Å². The van der Waals surface area contributed by atoms with Crippen LogP contribution < -0.4 is 10.6 Å². The molecular formula is C22H34IN5O. The van der Waals surface area contributed by atoms with Crippen molar-refractivity contribution in [3.8, 4) is 11.5 Å². The van der Waals surface area contributed by atoms with Crippen LogP contribution in [0.15, 0.2) is 39.9 Å². The Labute approximate surface area is 191 Å². The van der Waals surface area contributed by atoms with Gasteiger partial charge in [0, 0.05) is 31.7 Å². The molecule has 7 heteroatoms. The van der Waals surface area contributed by atoms with Gasteiger partial charge in [-0.15, -0.1) is 24.0 Å². The number of rotatable bonds is 7. The van der Waals surface area contributed by atoms with Gasteiger partial charge in [0.1, 0.15) is 6.26 Å². The first-order chi connectivity index (χ1) is 13.7. The zero-order valence-corrected chi connectivity index (χ0v) is 20.1. The number of likely N-dealkylation sites (tertiary alicyclic amines) is 1. The minimum Gasteiger partial charge on any atom is -0.444 e. The summed E-state index contributed by atoms with van der Waals surface area (Å²) in [4.78, 5) is 11.5. The molecule has 1 atom stereocenters. The summed E-state index contributed by atoms with van der Waals surface area (Å²) in [6, 6.07) is 8.93. The highest BCUT2D eigenvalue weighted by Crippen LogP contribution is 2.19. The molecule has 3 rings (SSSR count). The standard InChI is InChI=1S/C22H33N5O.HI/c1-4-20-7-5-6-13-27(20)14-12-24-22(23-3)25-15-19-16-28-21(26-19)18-10-8-17(2)9-11-18;/h8-11,16,20H,4-7,12-15H2,1-3H3,(H2,23,24,25);1H. The average Bonchev–Trinajstić information content (AvgIpc) is 3.20. The van der Waals surface area contributed by atoms with E-state index in [0.717, 1.165) is 36.3 Å². The molecule has 0 aliphatic carbocycles. The molecule has 0 radical (unpaired) electrons. The van der Waals surface area contributed by atoms with E-state index in [1.54, 1.807) is 13.3 Å². The van der Waals surface area contributed by atoms with Gasteiger partial charge in [-0.25, -0.2) is 4.98 Å². The number of halogens is 1. The van der Waals surface area contributed by atoms with Gasteiger partial charge in [-0.05, 0) is 44.9 Å². The number of piperidine rings is 1. The number of aryl methyl sites for hydroxylation is 1. The van der Waals surface area contributed by atoms with Gasteiger partial charge >= 0.3 is 0 Å². The zero-order valence-electron chi connectivity index (χ0n) is 17.8. The summed E-state index contributed by atoms with van der Waals surface area (Å²) in [5, 5.41) is 6.74. The molecule has 1 aliphatic heterocycles. The van der Waals surface area contributed by atoms with Crippen molar-refractivity contribution >= 4 is 29.9 Å². The lowest BCUT2D eigenvalue weighted by molar-refractivity contribution is 0.147. The molecule has 1 saturated heterocycles. The fourth-order valence-corrected chi connectivity index (χ4v) is 3.75. The molecule has 160 valence electrons. The van der Waals surface area contributed by atoms with Crippen LogP contribution >= 0.6 is 24.0 Å². The van der Waals surface area contributed by atoms with E-state index >= 15 is 0 Å². The van der Waals surface area contributed by atoms with Crippen LogP contribution in [0.4, 0.5) is 0 Å². The van der Waals surface area contributed by atoms with E-state index in [-0.39, 0.29) is 24.0 Å². The highest BCUT2D eigenvalue weighted by molar-refractivity contribution is 14.0. The molecule has 1 aliphatic rings. The van der Waals surface area contributed by atoms with E-state index in [2.05, 4.69) is 51.5 Å². The number of benzene rings is 1. The van der Waals surface area contributed by atoms with Crippen molar-refractivity contribution in [1.29, 1.82) is 0 Å². The Balaban J connectivity index is 0.00000300. The van der Waals surface area contributed by atoms with Crippen molar-refractivity contribution in [3.05, 3.63) is 41.8 Å². The summed E-state index contributed by atoms with van der Waals surface area (Å²) in [7, 11) is 1.80. The van der Waals surface area contributed by atoms with Crippen LogP contribution in [0, 0.1) is 6.92 Å². The molecule has 2 N–H and O–H groups in total. The monoisotopic (exact) mass is 511 g/mol. The lowest BCUT2D eigenvalue weighted by Gasteiger charge is -2.35. The van der Waals surface area contributed by atoms with Crippen molar-refractivity contribution in [2.75, 3.05) is 26.7 Å². The maximum atomic E-state index is 5.62. The number of aliphatic imine (C=N–C) groups is 1. The fourth-order valence-electron chi connectivity index (χ4n) is 3.75. The number of nitrogens with zero attached hydrogens (tertiary/aromatic N) is 3. The summed E-state index contributed by atoms with van der Waals surface area (Å²) in [5.41, 5.74) is 3.08. The molecule has 0 amide bonds. The first-order valence-electron chi connectivity index (χ1n) is 10.4. The van der Waals surface area contributed by atoms with Crippen LogP contribution in [0.3, 0.4) is 0 Å². The molecule has 1 fully saturated rings. The normalized spacial score (nSPS) is 17.6. The Morgan fingerprint density at radius 2 is 2.03 bits per heavy atom. The third-order valence-corrected chi connectivity index (χ3v) is 5.42. The van der Waals surface area contributed by atoms with Crippen LogP contribution in [0.5, 0.6) is 0 Å². The largest absolute Gasteiger partial charge is 0.444 e. The first-order valence-corrected chi connectivity index (χ1v) is 10.4. The smallest absolute Gasteiger partial charge is 0.226 e. The minimum absolute atomic E-state index is 0. The van der Waals surface area contributed by atoms with Gasteiger partial charge in [0.05, 0.1) is 12.2 Å². The summed E-state index contributed by atoms with van der Waals surface area (Å²) >= 11 is 0. The first kappa shape index (κ1) is 23.7. The molecule has 1 unspecified atom stereocenters. The van der Waals surface area contributed by atoms with E-state index in [4.69, 9.17) is 4.42 Å². The van der Waals surface area contributed by atoms with Crippen LogP contribution in [-0.2, 0) is 6.54 Å². The van der Waals surface area contributed by atoms with Crippen molar-refractivity contribution < 1.29 is 4.42 Å². The summed E-state index contributed by atoms with van der Waals surface area (Å²) in [5.74, 6) is 1.44. The maximum absolute atomic E-state index is 5.62. The third kappa shape index (κ3) is 6.99. The SMILES string of the molecule is CCC1CCCCN1CCNC(=NC)NCc1coc(-c2ccc(C)cc2)n1.I. The number of nitrogens with one attached hydrogen (secondary N) is 2. The highest BCUT2D eigenvalue weighted by Gasteiger charge is 2.20. The Hall–Kier alpha value is -1.61. The summed E-state index contributed by atoms with van der Waals surface area (Å²) in [6.07, 6.45) is 6.96. The highest BCUT2D eigenvalue weighted by atomic mass is 127. The molecule has 0 bridgehead atoms. The van der Waals surface area contributed by atoms with Crippen LogP contribution in [0.1, 0.15) is 43.9 Å². The van der Waals surface area contributed by atoms with Gasteiger partial charge < -0.3 is 15.1 Å². The van der Waals surface area contributed by atoms with E-state index in [1.165, 1.54) is 37.8 Å². The van der Waals surface area contributed by atoms with Gasteiger partial charge in [-0.1, -0.05) is 31.0 Å². The molecule has 2 aromatic rings. The second-order valence-corrected chi connectivity index (χ2v) is 7.46. The molecule has 1 aromatic heterocycles. The summed E-state index contributed by atoms with van der Waals surface area (Å²) < 4.78 is 5.62. The van der Waals surface area contributed by atoms with E-state index in [0.29, 0.717) is 12.4 Å². The van der Waals surface area contributed by atoms with E-state index < -0.39 is 0 Å². The van der Waals surface area contributed by atoms with E-state index in [1.807, 2.05) is 12.1 Å². The number of guanidine groups is 1. The van der Waals surface area contributed by atoms with E-state index in [9.17, 15) is 0 Å². The number of oxazole rings is 1. The predicted molar refractivity (Wildman–Crippen MR) is 130 cm³/mol. The third-order valence-electron chi connectivity index (χ3n) is 5.42. The molecule has 0 saturated carbocycles. The van der Waals surface area contributed by atoms with Crippen LogP contribution in [-0.4, -0.2) is 48.6 Å². The van der Waals surface area contributed by atoms with Gasteiger partial charge in [-0.3, -0.25) is 9.89 Å². The van der Waals surface area contributed by atoms with Gasteiger partial charge in [0.2, 0.25) is 5.89 Å². The lowest BCUT2D eigenvalue weighted by atomic mass is 10.0. The average molecular weight is 511 g/mol. The maximum Gasteiger partial charge on any atom is 0.226 e. The molecule has 2 heterocycles. The quantitative estimate of drug-likeness (QED) is 0.332. The Morgan fingerprint density at radius 1 is 1.24 bits per heavy atom. The summed E-state index contributed by atoms with van der Waals surface area (Å²) in [6.45, 7) is 8.11. The van der Waals surface area contributed by atoms with Crippen LogP contribution in [0.25, 0.3) is 11.5 Å². The predicted octanol–water partition coefficient (Wildman–Crippen LogP) is 4.20. The Bertz CT molecular complexity index is 759.